The molecule has 0 aliphatic carbocycles. The summed E-state index contributed by atoms with van der Waals surface area (Å²) in [5.41, 5.74) is 7.30. The normalized spacial score (nSPS) is 23.4. The van der Waals surface area contributed by atoms with Gasteiger partial charge in [0.25, 0.3) is 10.2 Å². The summed E-state index contributed by atoms with van der Waals surface area (Å²) in [6.07, 6.45) is 1.84. The topological polar surface area (TPSA) is 123 Å². The van der Waals surface area contributed by atoms with E-state index in [1.165, 1.54) is 20.9 Å². The fourth-order valence-electron chi connectivity index (χ4n) is 4.30. The molecule has 0 bridgehead atoms. The number of nitrogens with two attached hydrogens (primary N) is 1. The highest BCUT2D eigenvalue weighted by Gasteiger charge is 2.45. The monoisotopic (exact) mass is 480 g/mol. The maximum Gasteiger partial charge on any atom is 0.282 e. The Labute approximate surface area is 189 Å². The van der Waals surface area contributed by atoms with Gasteiger partial charge in [-0.15, -0.1) is 0 Å². The molecule has 4 rings (SSSR count). The zero-order valence-corrected chi connectivity index (χ0v) is 19.3. The van der Waals surface area contributed by atoms with Crippen molar-refractivity contribution in [3.63, 3.8) is 0 Å². The number of nitrogens with zero attached hydrogens (tertiary/aromatic N) is 3. The van der Waals surface area contributed by atoms with Crippen molar-refractivity contribution in [3.8, 4) is 0 Å². The molecule has 0 radical (unpaired) electrons. The van der Waals surface area contributed by atoms with E-state index < -0.39 is 26.1 Å². The lowest BCUT2D eigenvalue weighted by Gasteiger charge is -2.32. The van der Waals surface area contributed by atoms with Gasteiger partial charge in [0.05, 0.1) is 19.0 Å². The first-order chi connectivity index (χ1) is 15.3. The summed E-state index contributed by atoms with van der Waals surface area (Å²) in [7, 11) is -7.66. The highest BCUT2D eigenvalue weighted by molar-refractivity contribution is 7.91. The van der Waals surface area contributed by atoms with Crippen LogP contribution in [0.1, 0.15) is 23.5 Å². The molecule has 0 amide bonds. The van der Waals surface area contributed by atoms with Gasteiger partial charge in [0, 0.05) is 38.4 Å². The molecular formula is C21H28N4O5S2. The third-order valence-electron chi connectivity index (χ3n) is 5.99. The Bertz CT molecular complexity index is 1140. The minimum atomic E-state index is -3.84. The number of sulfone groups is 1. The average Bonchev–Trinajstić information content (AvgIpc) is 3.24. The van der Waals surface area contributed by atoms with Gasteiger partial charge in [0.1, 0.15) is 0 Å². The maximum absolute atomic E-state index is 13.5. The number of hydrogen-bond acceptors (Lipinski definition) is 7. The van der Waals surface area contributed by atoms with Gasteiger partial charge in [0.2, 0.25) is 0 Å². The van der Waals surface area contributed by atoms with E-state index in [-0.39, 0.29) is 42.9 Å². The highest BCUT2D eigenvalue weighted by Crippen LogP contribution is 2.36. The first kappa shape index (κ1) is 23.3. The molecular weight excluding hydrogens is 452 g/mol. The van der Waals surface area contributed by atoms with E-state index in [1.54, 1.807) is 6.07 Å². The molecule has 0 spiro atoms. The van der Waals surface area contributed by atoms with Crippen molar-refractivity contribution in [2.45, 2.75) is 30.0 Å². The molecule has 2 saturated heterocycles. The van der Waals surface area contributed by atoms with Crippen LogP contribution in [0.25, 0.3) is 0 Å². The first-order valence-corrected chi connectivity index (χ1v) is 13.6. The molecule has 2 aliphatic heterocycles. The van der Waals surface area contributed by atoms with Crippen LogP contribution in [0.2, 0.25) is 0 Å². The highest BCUT2D eigenvalue weighted by atomic mass is 32.2. The van der Waals surface area contributed by atoms with E-state index in [2.05, 4.69) is 4.98 Å². The molecule has 3 heterocycles. The standard InChI is InChI=1S/C21H28N4O5S2/c22-14-17-6-7-23-21(12-17)31(26,27)16-20-13-19(18-4-2-1-3-5-18)15-25(20)32(28,29)24-8-10-30-11-9-24/h1-7,12,19-20H,8-11,13-16,22H2/t19-,20?/m0/s1. The van der Waals surface area contributed by atoms with Crippen LogP contribution < -0.4 is 5.73 Å². The van der Waals surface area contributed by atoms with Crippen molar-refractivity contribution in [1.29, 1.82) is 0 Å². The van der Waals surface area contributed by atoms with Gasteiger partial charge in [-0.2, -0.15) is 17.0 Å². The molecule has 2 fully saturated rings. The molecule has 1 aromatic heterocycles. The number of benzene rings is 1. The van der Waals surface area contributed by atoms with E-state index in [0.29, 0.717) is 25.2 Å². The number of aromatic nitrogens is 1. The van der Waals surface area contributed by atoms with Gasteiger partial charge in [0.15, 0.2) is 14.9 Å². The molecule has 1 unspecified atom stereocenters. The fraction of sp³-hybridized carbons (Fsp3) is 0.476. The summed E-state index contributed by atoms with van der Waals surface area (Å²) in [5, 5.41) is -0.0765. The van der Waals surface area contributed by atoms with Crippen LogP contribution in [-0.2, 0) is 31.3 Å². The lowest BCUT2D eigenvalue weighted by Crippen LogP contribution is -2.51. The smallest absolute Gasteiger partial charge is 0.282 e. The molecule has 2 N–H and O–H groups in total. The number of morpholine rings is 1. The minimum absolute atomic E-state index is 0.0765. The van der Waals surface area contributed by atoms with Crippen molar-refractivity contribution >= 4 is 20.0 Å². The van der Waals surface area contributed by atoms with E-state index >= 15 is 0 Å². The molecule has 9 nitrogen and oxygen atoms in total. The zero-order chi connectivity index (χ0) is 22.8. The molecule has 2 atom stereocenters. The van der Waals surface area contributed by atoms with Crippen LogP contribution in [-0.4, -0.2) is 75.1 Å². The second kappa shape index (κ2) is 9.54. The Balaban J connectivity index is 1.64. The van der Waals surface area contributed by atoms with E-state index in [9.17, 15) is 16.8 Å². The summed E-state index contributed by atoms with van der Waals surface area (Å²) in [4.78, 5) is 4.02. The van der Waals surface area contributed by atoms with Crippen molar-refractivity contribution in [2.24, 2.45) is 5.73 Å². The number of hydrogen-bond donors (Lipinski definition) is 1. The third-order valence-corrected chi connectivity index (χ3v) is 9.74. The Hall–Kier alpha value is -1.89. The van der Waals surface area contributed by atoms with Gasteiger partial charge in [-0.05, 0) is 35.6 Å². The number of ether oxygens (including phenoxy) is 1. The number of pyridine rings is 1. The molecule has 11 heteroatoms. The van der Waals surface area contributed by atoms with Crippen LogP contribution in [0.4, 0.5) is 0 Å². The van der Waals surface area contributed by atoms with E-state index in [4.69, 9.17) is 10.5 Å². The van der Waals surface area contributed by atoms with Gasteiger partial charge < -0.3 is 10.5 Å². The van der Waals surface area contributed by atoms with Crippen molar-refractivity contribution in [2.75, 3.05) is 38.6 Å². The zero-order valence-electron chi connectivity index (χ0n) is 17.7. The van der Waals surface area contributed by atoms with Gasteiger partial charge >= 0.3 is 0 Å². The Morgan fingerprint density at radius 1 is 1.06 bits per heavy atom. The van der Waals surface area contributed by atoms with E-state index in [1.807, 2.05) is 30.3 Å². The summed E-state index contributed by atoms with van der Waals surface area (Å²) < 4.78 is 61.4. The second-order valence-electron chi connectivity index (χ2n) is 8.07. The van der Waals surface area contributed by atoms with E-state index in [0.717, 1.165) is 5.56 Å². The summed E-state index contributed by atoms with van der Waals surface area (Å²) in [6, 6.07) is 12.0. The summed E-state index contributed by atoms with van der Waals surface area (Å²) >= 11 is 0. The van der Waals surface area contributed by atoms with Gasteiger partial charge in [-0.1, -0.05) is 30.3 Å². The third kappa shape index (κ3) is 4.87. The van der Waals surface area contributed by atoms with Crippen LogP contribution in [0.5, 0.6) is 0 Å². The SMILES string of the molecule is NCc1ccnc(S(=O)(=O)CC2C[C@H](c3ccccc3)CN2S(=O)(=O)N2CCOCC2)c1. The first-order valence-electron chi connectivity index (χ1n) is 10.6. The number of rotatable bonds is 7. The molecule has 0 saturated carbocycles. The van der Waals surface area contributed by atoms with Crippen molar-refractivity contribution in [1.82, 2.24) is 13.6 Å². The fourth-order valence-corrected chi connectivity index (χ4v) is 7.75. The van der Waals surface area contributed by atoms with Gasteiger partial charge in [-0.3, -0.25) is 0 Å². The lowest BCUT2D eigenvalue weighted by atomic mass is 9.97. The second-order valence-corrected chi connectivity index (χ2v) is 11.9. The van der Waals surface area contributed by atoms with Crippen LogP contribution in [0, 0.1) is 0 Å². The van der Waals surface area contributed by atoms with Crippen molar-refractivity contribution < 1.29 is 21.6 Å². The Morgan fingerprint density at radius 3 is 2.47 bits per heavy atom. The maximum atomic E-state index is 13.5. The van der Waals surface area contributed by atoms with Crippen LogP contribution in [0.15, 0.2) is 53.7 Å². The molecule has 2 aromatic rings. The molecule has 174 valence electrons. The molecule has 32 heavy (non-hydrogen) atoms. The Morgan fingerprint density at radius 2 is 1.78 bits per heavy atom. The predicted molar refractivity (Wildman–Crippen MR) is 120 cm³/mol. The van der Waals surface area contributed by atoms with Gasteiger partial charge in [-0.25, -0.2) is 13.4 Å². The molecule has 2 aliphatic rings. The molecule has 1 aromatic carbocycles. The Kier molecular flexibility index (Phi) is 6.94. The predicted octanol–water partition coefficient (Wildman–Crippen LogP) is 0.749. The largest absolute Gasteiger partial charge is 0.379 e. The summed E-state index contributed by atoms with van der Waals surface area (Å²) in [6.45, 7) is 1.60. The summed E-state index contributed by atoms with van der Waals surface area (Å²) in [5.74, 6) is -0.420. The van der Waals surface area contributed by atoms with Crippen molar-refractivity contribution in [3.05, 3.63) is 59.8 Å². The lowest BCUT2D eigenvalue weighted by molar-refractivity contribution is 0.0700. The quantitative estimate of drug-likeness (QED) is 0.620. The van der Waals surface area contributed by atoms with Crippen LogP contribution in [0.3, 0.4) is 0 Å². The van der Waals surface area contributed by atoms with Crippen LogP contribution >= 0.6 is 0 Å². The average molecular weight is 481 g/mol. The minimum Gasteiger partial charge on any atom is -0.379 e.